The summed E-state index contributed by atoms with van der Waals surface area (Å²) in [7, 11) is 1.82. The predicted octanol–water partition coefficient (Wildman–Crippen LogP) is 3.09. The molecule has 1 fully saturated rings. The number of ether oxygens (including phenoxy) is 1. The molecule has 2 heterocycles. The van der Waals surface area contributed by atoms with E-state index >= 15 is 0 Å². The normalized spacial score (nSPS) is 17.6. The van der Waals surface area contributed by atoms with Crippen molar-refractivity contribution in [3.8, 4) is 0 Å². The second kappa shape index (κ2) is 8.25. The number of thioether (sulfide) groups is 1. The minimum atomic E-state index is -0.530. The first kappa shape index (κ1) is 18.3. The molecule has 2 aromatic rings. The molecule has 5 nitrogen and oxygen atoms in total. The van der Waals surface area contributed by atoms with Gasteiger partial charge in [-0.3, -0.25) is 4.90 Å². The molecular weight excluding hydrogens is 346 g/mol. The second-order valence-electron chi connectivity index (χ2n) is 6.22. The summed E-state index contributed by atoms with van der Waals surface area (Å²) in [6, 6.07) is 3.92. The molecule has 25 heavy (non-hydrogen) atoms. The van der Waals surface area contributed by atoms with Gasteiger partial charge in [0.1, 0.15) is 17.5 Å². The van der Waals surface area contributed by atoms with Crippen LogP contribution in [0.4, 0.5) is 8.78 Å². The maximum absolute atomic E-state index is 13.8. The lowest BCUT2D eigenvalue weighted by atomic mass is 10.2. The van der Waals surface area contributed by atoms with E-state index in [1.807, 2.05) is 18.2 Å². The molecule has 0 spiro atoms. The highest BCUT2D eigenvalue weighted by Crippen LogP contribution is 2.21. The van der Waals surface area contributed by atoms with Gasteiger partial charge in [0.15, 0.2) is 5.16 Å². The Hall–Kier alpha value is -1.51. The van der Waals surface area contributed by atoms with Crippen molar-refractivity contribution in [2.75, 3.05) is 19.9 Å². The topological polar surface area (TPSA) is 43.2 Å². The first-order valence-corrected chi connectivity index (χ1v) is 9.50. The van der Waals surface area contributed by atoms with Crippen molar-refractivity contribution in [2.45, 2.75) is 43.7 Å². The van der Waals surface area contributed by atoms with E-state index < -0.39 is 11.6 Å². The van der Waals surface area contributed by atoms with Crippen LogP contribution in [0.3, 0.4) is 0 Å². The quantitative estimate of drug-likeness (QED) is 0.703. The van der Waals surface area contributed by atoms with Gasteiger partial charge in [0.25, 0.3) is 0 Å². The summed E-state index contributed by atoms with van der Waals surface area (Å²) < 4.78 is 35.4. The predicted molar refractivity (Wildman–Crippen MR) is 92.3 cm³/mol. The van der Waals surface area contributed by atoms with Crippen molar-refractivity contribution in [1.82, 2.24) is 19.7 Å². The van der Waals surface area contributed by atoms with Crippen LogP contribution in [0.25, 0.3) is 0 Å². The Bertz CT molecular complexity index is 698. The number of halogens is 2. The van der Waals surface area contributed by atoms with Crippen LogP contribution in [0.5, 0.6) is 0 Å². The van der Waals surface area contributed by atoms with Crippen molar-refractivity contribution < 1.29 is 13.5 Å². The smallest absolute Gasteiger partial charge is 0.191 e. The van der Waals surface area contributed by atoms with E-state index in [0.29, 0.717) is 13.1 Å². The monoisotopic (exact) mass is 368 g/mol. The SMILES string of the molecule is CSc1nnc(CN(C)Cc2c(F)cccc2F)n1C[C@H]1CCCO1. The molecule has 0 bridgehead atoms. The van der Waals surface area contributed by atoms with Crippen LogP contribution in [-0.2, 0) is 24.4 Å². The van der Waals surface area contributed by atoms with E-state index in [2.05, 4.69) is 14.8 Å². The van der Waals surface area contributed by atoms with Gasteiger partial charge in [0.05, 0.1) is 19.2 Å². The van der Waals surface area contributed by atoms with Gasteiger partial charge in [-0.15, -0.1) is 10.2 Å². The van der Waals surface area contributed by atoms with Gasteiger partial charge in [0.2, 0.25) is 0 Å². The van der Waals surface area contributed by atoms with E-state index in [0.717, 1.165) is 30.4 Å². The highest BCUT2D eigenvalue weighted by Gasteiger charge is 2.21. The summed E-state index contributed by atoms with van der Waals surface area (Å²) >= 11 is 1.53. The lowest BCUT2D eigenvalue weighted by Crippen LogP contribution is -2.24. The number of hydrogen-bond donors (Lipinski definition) is 0. The van der Waals surface area contributed by atoms with Gasteiger partial charge < -0.3 is 9.30 Å². The fraction of sp³-hybridized carbons (Fsp3) is 0.529. The van der Waals surface area contributed by atoms with Crippen molar-refractivity contribution in [2.24, 2.45) is 0 Å². The first-order valence-electron chi connectivity index (χ1n) is 8.27. The number of rotatable bonds is 7. The van der Waals surface area contributed by atoms with Crippen molar-refractivity contribution in [3.63, 3.8) is 0 Å². The Morgan fingerprint density at radius 1 is 1.28 bits per heavy atom. The minimum Gasteiger partial charge on any atom is -0.376 e. The fourth-order valence-electron chi connectivity index (χ4n) is 3.01. The lowest BCUT2D eigenvalue weighted by Gasteiger charge is -2.19. The second-order valence-corrected chi connectivity index (χ2v) is 6.99. The van der Waals surface area contributed by atoms with Gasteiger partial charge in [0, 0.05) is 18.7 Å². The highest BCUT2D eigenvalue weighted by atomic mass is 32.2. The van der Waals surface area contributed by atoms with Gasteiger partial charge in [-0.1, -0.05) is 17.8 Å². The van der Waals surface area contributed by atoms with E-state index in [9.17, 15) is 8.78 Å². The van der Waals surface area contributed by atoms with Gasteiger partial charge in [-0.2, -0.15) is 0 Å². The third-order valence-corrected chi connectivity index (χ3v) is 4.95. The van der Waals surface area contributed by atoms with Gasteiger partial charge in [-0.05, 0) is 38.3 Å². The number of benzene rings is 1. The third-order valence-electron chi connectivity index (χ3n) is 4.29. The molecule has 1 aliphatic heterocycles. The molecule has 1 aliphatic rings. The molecule has 0 saturated carbocycles. The van der Waals surface area contributed by atoms with Crippen LogP contribution in [0.2, 0.25) is 0 Å². The van der Waals surface area contributed by atoms with E-state index in [1.165, 1.54) is 30.0 Å². The summed E-state index contributed by atoms with van der Waals surface area (Å²) in [5, 5.41) is 9.31. The van der Waals surface area contributed by atoms with Crippen LogP contribution in [0.15, 0.2) is 23.4 Å². The molecule has 136 valence electrons. The molecular formula is C17H22F2N4OS. The number of aromatic nitrogens is 3. The molecule has 8 heteroatoms. The van der Waals surface area contributed by atoms with E-state index in [4.69, 9.17) is 4.74 Å². The Balaban J connectivity index is 1.72. The fourth-order valence-corrected chi connectivity index (χ4v) is 3.54. The largest absolute Gasteiger partial charge is 0.376 e. The molecule has 1 aromatic carbocycles. The maximum atomic E-state index is 13.8. The van der Waals surface area contributed by atoms with Crippen LogP contribution in [0, 0.1) is 11.6 Å². The molecule has 3 rings (SSSR count). The van der Waals surface area contributed by atoms with E-state index in [-0.39, 0.29) is 18.2 Å². The lowest BCUT2D eigenvalue weighted by molar-refractivity contribution is 0.0934. The summed E-state index contributed by atoms with van der Waals surface area (Å²) in [6.07, 6.45) is 4.23. The van der Waals surface area contributed by atoms with Gasteiger partial charge in [-0.25, -0.2) is 8.78 Å². The molecule has 1 aromatic heterocycles. The molecule has 1 atom stereocenters. The zero-order valence-electron chi connectivity index (χ0n) is 14.4. The molecule has 0 unspecified atom stereocenters. The van der Waals surface area contributed by atoms with Crippen LogP contribution >= 0.6 is 11.8 Å². The van der Waals surface area contributed by atoms with Crippen molar-refractivity contribution in [1.29, 1.82) is 0 Å². The highest BCUT2D eigenvalue weighted by molar-refractivity contribution is 7.98. The van der Waals surface area contributed by atoms with Crippen LogP contribution < -0.4 is 0 Å². The molecule has 0 aliphatic carbocycles. The Kier molecular flexibility index (Phi) is 6.03. The number of nitrogens with zero attached hydrogens (tertiary/aromatic N) is 4. The first-order chi connectivity index (χ1) is 12.1. The summed E-state index contributed by atoms with van der Waals surface area (Å²) in [6.45, 7) is 2.12. The van der Waals surface area contributed by atoms with E-state index in [1.54, 1.807) is 0 Å². The Labute approximate surface area is 150 Å². The third kappa shape index (κ3) is 4.37. The summed E-state index contributed by atoms with van der Waals surface area (Å²) in [4.78, 5) is 1.83. The Morgan fingerprint density at radius 2 is 2.04 bits per heavy atom. The van der Waals surface area contributed by atoms with Crippen LogP contribution in [-0.4, -0.2) is 45.7 Å². The summed E-state index contributed by atoms with van der Waals surface area (Å²) in [5.41, 5.74) is 0.0697. The van der Waals surface area contributed by atoms with Crippen molar-refractivity contribution >= 4 is 11.8 Å². The zero-order chi connectivity index (χ0) is 17.8. The average molecular weight is 368 g/mol. The molecule has 0 N–H and O–H groups in total. The standard InChI is InChI=1S/C17H22F2N4OS/c1-22(10-13-14(18)6-3-7-15(13)19)11-16-20-21-17(25-2)23(16)9-12-5-4-8-24-12/h3,6-7,12H,4-5,8-11H2,1-2H3/t12-/m1/s1. The average Bonchev–Trinajstić information content (AvgIpc) is 3.22. The summed E-state index contributed by atoms with van der Waals surface area (Å²) in [5.74, 6) is -0.283. The maximum Gasteiger partial charge on any atom is 0.191 e. The molecule has 1 saturated heterocycles. The molecule has 0 amide bonds. The molecule has 0 radical (unpaired) electrons. The Morgan fingerprint density at radius 3 is 2.68 bits per heavy atom. The van der Waals surface area contributed by atoms with Crippen LogP contribution in [0.1, 0.15) is 24.2 Å². The minimum absolute atomic E-state index is 0.0697. The number of hydrogen-bond acceptors (Lipinski definition) is 5. The zero-order valence-corrected chi connectivity index (χ0v) is 15.2. The van der Waals surface area contributed by atoms with Crippen molar-refractivity contribution in [3.05, 3.63) is 41.2 Å². The van der Waals surface area contributed by atoms with Gasteiger partial charge >= 0.3 is 0 Å².